The maximum absolute atomic E-state index is 13.1. The molecule has 28 heavy (non-hydrogen) atoms. The molecule has 0 bridgehead atoms. The van der Waals surface area contributed by atoms with Crippen molar-refractivity contribution in [3.63, 3.8) is 0 Å². The van der Waals surface area contributed by atoms with Crippen LogP contribution in [0.4, 0.5) is 15.8 Å². The number of halogens is 1. The molecule has 0 saturated carbocycles. The number of hydrogen-bond acceptors (Lipinski definition) is 4. The quantitative estimate of drug-likeness (QED) is 0.663. The van der Waals surface area contributed by atoms with Crippen LogP contribution in [0, 0.1) is 5.82 Å². The van der Waals surface area contributed by atoms with E-state index in [0.717, 1.165) is 35.6 Å². The predicted octanol–water partition coefficient (Wildman–Crippen LogP) is 4.60. The second-order valence-electron chi connectivity index (χ2n) is 6.89. The molecule has 1 aliphatic heterocycles. The normalized spacial score (nSPS) is 16.4. The highest BCUT2D eigenvalue weighted by Gasteiger charge is 2.21. The zero-order chi connectivity index (χ0) is 19.5. The summed E-state index contributed by atoms with van der Waals surface area (Å²) in [4.78, 5) is 16.5. The van der Waals surface area contributed by atoms with E-state index in [1.165, 1.54) is 29.2 Å². The van der Waals surface area contributed by atoms with Crippen LogP contribution in [0.15, 0.2) is 60.7 Å². The van der Waals surface area contributed by atoms with E-state index >= 15 is 0 Å². The molecule has 1 fully saturated rings. The van der Waals surface area contributed by atoms with Gasteiger partial charge in [-0.2, -0.15) is 0 Å². The maximum Gasteiger partial charge on any atom is 0.265 e. The summed E-state index contributed by atoms with van der Waals surface area (Å²) >= 11 is 1.40. The van der Waals surface area contributed by atoms with Gasteiger partial charge in [0.15, 0.2) is 0 Å². The lowest BCUT2D eigenvalue weighted by atomic mass is 10.2. The van der Waals surface area contributed by atoms with Crippen molar-refractivity contribution in [2.45, 2.75) is 12.5 Å². The molecule has 1 aliphatic rings. The lowest BCUT2D eigenvalue weighted by molar-refractivity contribution is 0.103. The smallest absolute Gasteiger partial charge is 0.265 e. The molecular weight excluding hydrogens is 373 g/mol. The summed E-state index contributed by atoms with van der Waals surface area (Å²) in [5.74, 6) is -0.403. The Morgan fingerprint density at radius 1 is 1.07 bits per heavy atom. The lowest BCUT2D eigenvalue weighted by Crippen LogP contribution is -2.29. The second kappa shape index (κ2) is 8.12. The lowest BCUT2D eigenvalue weighted by Gasteiger charge is -2.19. The second-order valence-corrected chi connectivity index (χ2v) is 7.98. The summed E-state index contributed by atoms with van der Waals surface area (Å²) in [5.41, 5.74) is 2.85. The van der Waals surface area contributed by atoms with Crippen molar-refractivity contribution in [2.24, 2.45) is 0 Å². The molecule has 1 atom stereocenters. The highest BCUT2D eigenvalue weighted by molar-refractivity contribution is 7.17. The van der Waals surface area contributed by atoms with Crippen LogP contribution in [-0.4, -0.2) is 32.1 Å². The average molecular weight is 396 g/mol. The van der Waals surface area contributed by atoms with Crippen molar-refractivity contribution >= 4 is 28.6 Å². The van der Waals surface area contributed by atoms with Gasteiger partial charge in [0.2, 0.25) is 0 Å². The molecule has 1 saturated heterocycles. The number of carbonyl (C=O) groups is 1. The molecule has 2 aromatic carbocycles. The molecule has 0 aliphatic carbocycles. The van der Waals surface area contributed by atoms with Crippen molar-refractivity contribution in [3.05, 3.63) is 71.4 Å². The fraction of sp³-hybridized carbons (Fsp3) is 0.227. The van der Waals surface area contributed by atoms with E-state index in [9.17, 15) is 9.18 Å². The minimum Gasteiger partial charge on any atom is -0.370 e. The Morgan fingerprint density at radius 2 is 1.82 bits per heavy atom. The van der Waals surface area contributed by atoms with Gasteiger partial charge in [-0.15, -0.1) is 11.3 Å². The molecule has 4 rings (SSSR count). The van der Waals surface area contributed by atoms with Crippen LogP contribution in [0.5, 0.6) is 0 Å². The third-order valence-electron chi connectivity index (χ3n) is 5.05. The molecule has 1 unspecified atom stereocenters. The molecular formula is C22H22FN3OS. The maximum atomic E-state index is 13.1. The van der Waals surface area contributed by atoms with Gasteiger partial charge in [-0.3, -0.25) is 4.79 Å². The average Bonchev–Trinajstić information content (AvgIpc) is 3.39. The molecule has 2 N–H and O–H groups in total. The van der Waals surface area contributed by atoms with Crippen molar-refractivity contribution in [1.82, 2.24) is 5.32 Å². The van der Waals surface area contributed by atoms with E-state index in [0.29, 0.717) is 10.9 Å². The number of nitrogens with one attached hydrogen (secondary N) is 2. The number of amides is 1. The van der Waals surface area contributed by atoms with Crippen LogP contribution in [0.25, 0.3) is 10.4 Å². The molecule has 2 heterocycles. The van der Waals surface area contributed by atoms with E-state index in [2.05, 4.69) is 15.5 Å². The van der Waals surface area contributed by atoms with Gasteiger partial charge in [0, 0.05) is 35.4 Å². The van der Waals surface area contributed by atoms with Gasteiger partial charge in [0.1, 0.15) is 5.82 Å². The van der Waals surface area contributed by atoms with Crippen molar-refractivity contribution < 1.29 is 9.18 Å². The minimum absolute atomic E-state index is 0.137. The van der Waals surface area contributed by atoms with E-state index in [1.54, 1.807) is 18.2 Å². The van der Waals surface area contributed by atoms with Crippen molar-refractivity contribution in [1.29, 1.82) is 0 Å². The minimum atomic E-state index is -0.267. The highest BCUT2D eigenvalue weighted by atomic mass is 32.1. The third kappa shape index (κ3) is 4.08. The first-order valence-electron chi connectivity index (χ1n) is 9.32. The van der Waals surface area contributed by atoms with Crippen molar-refractivity contribution in [2.75, 3.05) is 30.4 Å². The summed E-state index contributed by atoms with van der Waals surface area (Å²) in [6, 6.07) is 18.5. The number of benzene rings is 2. The van der Waals surface area contributed by atoms with Crippen LogP contribution >= 0.6 is 11.3 Å². The van der Waals surface area contributed by atoms with Gasteiger partial charge in [-0.25, -0.2) is 4.39 Å². The zero-order valence-electron chi connectivity index (χ0n) is 15.6. The van der Waals surface area contributed by atoms with E-state index in [4.69, 9.17) is 0 Å². The molecule has 1 aromatic heterocycles. The Balaban J connectivity index is 1.40. The molecule has 1 amide bonds. The number of nitrogens with zero attached hydrogens (tertiary/aromatic N) is 1. The summed E-state index contributed by atoms with van der Waals surface area (Å²) < 4.78 is 13.1. The molecule has 4 nitrogen and oxygen atoms in total. The SMILES string of the molecule is CNC1CCN(c2ccc(NC(=O)c3ccc(-c4ccc(F)cc4)s3)cc2)C1. The van der Waals surface area contributed by atoms with Crippen LogP contribution in [0.1, 0.15) is 16.1 Å². The van der Waals surface area contributed by atoms with Crippen LogP contribution in [0.2, 0.25) is 0 Å². The first-order chi connectivity index (χ1) is 13.6. The predicted molar refractivity (Wildman–Crippen MR) is 114 cm³/mol. The molecule has 6 heteroatoms. The largest absolute Gasteiger partial charge is 0.370 e. The van der Waals surface area contributed by atoms with E-state index in [-0.39, 0.29) is 11.7 Å². The summed E-state index contributed by atoms with van der Waals surface area (Å²) in [6.07, 6.45) is 1.14. The van der Waals surface area contributed by atoms with Crippen LogP contribution in [0.3, 0.4) is 0 Å². The van der Waals surface area contributed by atoms with E-state index < -0.39 is 0 Å². The summed E-state index contributed by atoms with van der Waals surface area (Å²) in [7, 11) is 2.00. The Bertz CT molecular complexity index is 953. The molecule has 0 radical (unpaired) electrons. The Labute approximate surface area is 168 Å². The first-order valence-corrected chi connectivity index (χ1v) is 10.1. The Morgan fingerprint density at radius 3 is 2.50 bits per heavy atom. The first kappa shape index (κ1) is 18.7. The standard InChI is InChI=1S/C22H22FN3OS/c1-24-18-12-13-26(14-18)19-8-6-17(7-9-19)25-22(27)21-11-10-20(28-21)15-2-4-16(23)5-3-15/h2-11,18,24H,12-14H2,1H3,(H,25,27). The van der Waals surface area contributed by atoms with Crippen LogP contribution < -0.4 is 15.5 Å². The van der Waals surface area contributed by atoms with E-state index in [1.807, 2.05) is 37.4 Å². The monoisotopic (exact) mass is 395 g/mol. The van der Waals surface area contributed by atoms with Gasteiger partial charge in [0.25, 0.3) is 5.91 Å². The topological polar surface area (TPSA) is 44.4 Å². The van der Waals surface area contributed by atoms with Gasteiger partial charge in [0.05, 0.1) is 4.88 Å². The number of thiophene rings is 1. The van der Waals surface area contributed by atoms with Gasteiger partial charge < -0.3 is 15.5 Å². The Hall–Kier alpha value is -2.70. The third-order valence-corrected chi connectivity index (χ3v) is 6.18. The number of likely N-dealkylation sites (N-methyl/N-ethyl adjacent to an activating group) is 1. The molecule has 0 spiro atoms. The number of carbonyl (C=O) groups excluding carboxylic acids is 1. The summed E-state index contributed by atoms with van der Waals surface area (Å²) in [5, 5.41) is 6.27. The van der Waals surface area contributed by atoms with Gasteiger partial charge in [-0.05, 0) is 67.6 Å². The molecule has 144 valence electrons. The fourth-order valence-corrected chi connectivity index (χ4v) is 4.31. The fourth-order valence-electron chi connectivity index (χ4n) is 3.41. The number of hydrogen-bond donors (Lipinski definition) is 2. The van der Waals surface area contributed by atoms with Crippen LogP contribution in [-0.2, 0) is 0 Å². The Kier molecular flexibility index (Phi) is 5.41. The van der Waals surface area contributed by atoms with Gasteiger partial charge in [-0.1, -0.05) is 12.1 Å². The number of rotatable bonds is 5. The summed E-state index contributed by atoms with van der Waals surface area (Å²) in [6.45, 7) is 2.04. The highest BCUT2D eigenvalue weighted by Crippen LogP contribution is 2.29. The zero-order valence-corrected chi connectivity index (χ0v) is 16.4. The van der Waals surface area contributed by atoms with Gasteiger partial charge >= 0.3 is 0 Å². The number of anilines is 2. The van der Waals surface area contributed by atoms with Crippen molar-refractivity contribution in [3.8, 4) is 10.4 Å². The molecule has 3 aromatic rings.